The van der Waals surface area contributed by atoms with Crippen LogP contribution in [0.25, 0.3) is 0 Å². The highest BCUT2D eigenvalue weighted by Gasteiger charge is 2.37. The molecule has 92 valence electrons. The first-order valence-corrected chi connectivity index (χ1v) is 6.05. The van der Waals surface area contributed by atoms with Crippen LogP contribution in [-0.2, 0) is 4.79 Å². The Bertz CT molecular complexity index is 261. The summed E-state index contributed by atoms with van der Waals surface area (Å²) in [4.78, 5) is 16.1. The lowest BCUT2D eigenvalue weighted by atomic mass is 10.1. The van der Waals surface area contributed by atoms with E-state index < -0.39 is 0 Å². The highest BCUT2D eigenvalue weighted by molar-refractivity contribution is 5.80. The molecule has 16 heavy (non-hydrogen) atoms. The van der Waals surface area contributed by atoms with Gasteiger partial charge >= 0.3 is 0 Å². The van der Waals surface area contributed by atoms with Crippen molar-refractivity contribution in [3.63, 3.8) is 0 Å². The molecule has 0 aromatic heterocycles. The molecule has 0 bridgehead atoms. The molecule has 1 amide bonds. The summed E-state index contributed by atoms with van der Waals surface area (Å²) in [5.41, 5.74) is 5.46. The first-order valence-electron chi connectivity index (χ1n) is 6.05. The van der Waals surface area contributed by atoms with Gasteiger partial charge in [-0.2, -0.15) is 0 Å². The Kier molecular flexibility index (Phi) is 3.47. The standard InChI is InChI=1S/C11H22N4O/c1-8-5-9(7-14(8)2)15-4-3-13-6-10(15)11(12)16/h8-10,13H,3-7H2,1-2H3,(H2,12,16). The topological polar surface area (TPSA) is 61.6 Å². The summed E-state index contributed by atoms with van der Waals surface area (Å²) < 4.78 is 0. The molecule has 3 atom stereocenters. The van der Waals surface area contributed by atoms with Crippen LogP contribution in [0.2, 0.25) is 0 Å². The fourth-order valence-electron chi connectivity index (χ4n) is 2.82. The predicted octanol–water partition coefficient (Wildman–Crippen LogP) is -1.16. The van der Waals surface area contributed by atoms with E-state index in [2.05, 4.69) is 29.1 Å². The third-order valence-corrected chi connectivity index (χ3v) is 3.95. The molecule has 3 N–H and O–H groups in total. The van der Waals surface area contributed by atoms with Crippen LogP contribution in [0.15, 0.2) is 0 Å². The van der Waals surface area contributed by atoms with Gasteiger partial charge in [0.15, 0.2) is 0 Å². The van der Waals surface area contributed by atoms with Crippen molar-refractivity contribution in [2.24, 2.45) is 5.73 Å². The predicted molar refractivity (Wildman–Crippen MR) is 63.1 cm³/mol. The Hall–Kier alpha value is -0.650. The van der Waals surface area contributed by atoms with Gasteiger partial charge in [0.25, 0.3) is 0 Å². The number of likely N-dealkylation sites (N-methyl/N-ethyl adjacent to an activating group) is 1. The lowest BCUT2D eigenvalue weighted by molar-refractivity contribution is -0.124. The van der Waals surface area contributed by atoms with Crippen LogP contribution in [0.4, 0.5) is 0 Å². The van der Waals surface area contributed by atoms with Crippen molar-refractivity contribution in [1.29, 1.82) is 0 Å². The summed E-state index contributed by atoms with van der Waals surface area (Å²) in [7, 11) is 2.14. The van der Waals surface area contributed by atoms with Crippen LogP contribution < -0.4 is 11.1 Å². The van der Waals surface area contributed by atoms with E-state index in [0.29, 0.717) is 18.6 Å². The van der Waals surface area contributed by atoms with Crippen LogP contribution >= 0.6 is 0 Å². The maximum absolute atomic E-state index is 11.4. The van der Waals surface area contributed by atoms with Crippen LogP contribution in [-0.4, -0.2) is 67.1 Å². The molecule has 2 aliphatic heterocycles. The van der Waals surface area contributed by atoms with E-state index in [9.17, 15) is 4.79 Å². The number of piperazine rings is 1. The average Bonchev–Trinajstić information content (AvgIpc) is 2.59. The third-order valence-electron chi connectivity index (χ3n) is 3.95. The van der Waals surface area contributed by atoms with Crippen molar-refractivity contribution in [3.8, 4) is 0 Å². The number of hydrogen-bond donors (Lipinski definition) is 2. The maximum atomic E-state index is 11.4. The molecular formula is C11H22N4O. The summed E-state index contributed by atoms with van der Waals surface area (Å²) in [6.07, 6.45) is 1.14. The number of primary amides is 1. The number of carbonyl (C=O) groups excluding carboxylic acids is 1. The maximum Gasteiger partial charge on any atom is 0.236 e. The highest BCUT2D eigenvalue weighted by atomic mass is 16.1. The van der Waals surface area contributed by atoms with Crippen molar-refractivity contribution in [1.82, 2.24) is 15.1 Å². The number of carbonyl (C=O) groups is 1. The zero-order valence-electron chi connectivity index (χ0n) is 10.1. The second-order valence-electron chi connectivity index (χ2n) is 5.04. The Morgan fingerprint density at radius 2 is 2.25 bits per heavy atom. The van der Waals surface area contributed by atoms with Gasteiger partial charge in [-0.3, -0.25) is 9.69 Å². The minimum Gasteiger partial charge on any atom is -0.368 e. The normalized spacial score (nSPS) is 37.8. The van der Waals surface area contributed by atoms with Gasteiger partial charge in [0.1, 0.15) is 6.04 Å². The zero-order valence-corrected chi connectivity index (χ0v) is 10.1. The van der Waals surface area contributed by atoms with E-state index >= 15 is 0 Å². The Labute approximate surface area is 96.9 Å². The molecular weight excluding hydrogens is 204 g/mol. The van der Waals surface area contributed by atoms with Gasteiger partial charge in [-0.15, -0.1) is 0 Å². The van der Waals surface area contributed by atoms with E-state index in [-0.39, 0.29) is 11.9 Å². The van der Waals surface area contributed by atoms with Crippen molar-refractivity contribution < 1.29 is 4.79 Å². The molecule has 0 spiro atoms. The number of nitrogens with two attached hydrogens (primary N) is 1. The minimum atomic E-state index is -0.200. The molecule has 0 saturated carbocycles. The van der Waals surface area contributed by atoms with Crippen molar-refractivity contribution in [3.05, 3.63) is 0 Å². The third kappa shape index (κ3) is 2.21. The summed E-state index contributed by atoms with van der Waals surface area (Å²) in [5.74, 6) is -0.200. The number of amides is 1. The molecule has 5 nitrogen and oxygen atoms in total. The van der Waals surface area contributed by atoms with E-state index in [4.69, 9.17) is 5.73 Å². The van der Waals surface area contributed by atoms with Gasteiger partial charge in [-0.05, 0) is 20.4 Å². The molecule has 0 aromatic rings. The quantitative estimate of drug-likeness (QED) is 0.623. The zero-order chi connectivity index (χ0) is 11.7. The number of nitrogens with zero attached hydrogens (tertiary/aromatic N) is 2. The van der Waals surface area contributed by atoms with E-state index in [1.54, 1.807) is 0 Å². The Morgan fingerprint density at radius 1 is 1.50 bits per heavy atom. The monoisotopic (exact) mass is 226 g/mol. The molecule has 2 aliphatic rings. The number of rotatable bonds is 2. The number of hydrogen-bond acceptors (Lipinski definition) is 4. The molecule has 2 saturated heterocycles. The van der Waals surface area contributed by atoms with Crippen LogP contribution in [0.5, 0.6) is 0 Å². The van der Waals surface area contributed by atoms with Gasteiger partial charge in [-0.25, -0.2) is 0 Å². The molecule has 2 rings (SSSR count). The molecule has 2 heterocycles. The summed E-state index contributed by atoms with van der Waals surface area (Å²) in [6.45, 7) is 5.87. The molecule has 5 heteroatoms. The molecule has 0 aliphatic carbocycles. The van der Waals surface area contributed by atoms with Crippen molar-refractivity contribution >= 4 is 5.91 Å². The van der Waals surface area contributed by atoms with E-state index in [1.807, 2.05) is 0 Å². The molecule has 0 radical (unpaired) electrons. The second-order valence-corrected chi connectivity index (χ2v) is 5.04. The molecule has 2 fully saturated rings. The highest BCUT2D eigenvalue weighted by Crippen LogP contribution is 2.22. The average molecular weight is 226 g/mol. The fourth-order valence-corrected chi connectivity index (χ4v) is 2.82. The minimum absolute atomic E-state index is 0.127. The van der Waals surface area contributed by atoms with Crippen molar-refractivity contribution in [2.45, 2.75) is 31.5 Å². The summed E-state index contributed by atoms with van der Waals surface area (Å²) in [6, 6.07) is 0.963. The van der Waals surface area contributed by atoms with Gasteiger partial charge < -0.3 is 16.0 Å². The smallest absolute Gasteiger partial charge is 0.236 e. The second kappa shape index (κ2) is 4.69. The van der Waals surface area contributed by atoms with Crippen LogP contribution in [0.3, 0.4) is 0 Å². The van der Waals surface area contributed by atoms with Gasteiger partial charge in [-0.1, -0.05) is 0 Å². The Balaban J connectivity index is 2.03. The summed E-state index contributed by atoms with van der Waals surface area (Å²) in [5, 5.41) is 3.24. The van der Waals surface area contributed by atoms with Crippen molar-refractivity contribution in [2.75, 3.05) is 33.2 Å². The van der Waals surface area contributed by atoms with Gasteiger partial charge in [0, 0.05) is 38.3 Å². The first-order chi connectivity index (χ1) is 7.59. The number of likely N-dealkylation sites (tertiary alicyclic amines) is 1. The van der Waals surface area contributed by atoms with Crippen LogP contribution in [0, 0.1) is 0 Å². The van der Waals surface area contributed by atoms with Gasteiger partial charge in [0.2, 0.25) is 5.91 Å². The lowest BCUT2D eigenvalue weighted by Gasteiger charge is -2.38. The molecule has 3 unspecified atom stereocenters. The van der Waals surface area contributed by atoms with Gasteiger partial charge in [0.05, 0.1) is 0 Å². The van der Waals surface area contributed by atoms with E-state index in [0.717, 1.165) is 26.1 Å². The van der Waals surface area contributed by atoms with Crippen LogP contribution in [0.1, 0.15) is 13.3 Å². The first kappa shape index (κ1) is 11.8. The largest absolute Gasteiger partial charge is 0.368 e. The fraction of sp³-hybridized carbons (Fsp3) is 0.909. The summed E-state index contributed by atoms with van der Waals surface area (Å²) >= 11 is 0. The van der Waals surface area contributed by atoms with E-state index in [1.165, 1.54) is 0 Å². The lowest BCUT2D eigenvalue weighted by Crippen LogP contribution is -2.60. The SMILES string of the molecule is CC1CC(N2CCNCC2C(N)=O)CN1C. The number of nitrogens with one attached hydrogen (secondary N) is 1. The Morgan fingerprint density at radius 3 is 2.81 bits per heavy atom. The molecule has 0 aromatic carbocycles.